The topological polar surface area (TPSA) is 44.8 Å². The first-order chi connectivity index (χ1) is 11.0. The average molecular weight is 319 g/mol. The molecule has 1 aromatic carbocycles. The van der Waals surface area contributed by atoms with Gasteiger partial charge in [0, 0.05) is 12.6 Å². The fraction of sp³-hybridized carbons (Fsp3) is 0.611. The Morgan fingerprint density at radius 1 is 1.35 bits per heavy atom. The summed E-state index contributed by atoms with van der Waals surface area (Å²) in [5, 5.41) is 3.03. The van der Waals surface area contributed by atoms with Crippen molar-refractivity contribution in [2.45, 2.75) is 38.8 Å². The fourth-order valence-electron chi connectivity index (χ4n) is 2.68. The van der Waals surface area contributed by atoms with Gasteiger partial charge >= 0.3 is 6.03 Å². The molecular weight excluding hydrogens is 290 g/mol. The number of nitrogens with zero attached hydrogens (tertiary/aromatic N) is 2. The molecule has 2 rings (SSSR count). The van der Waals surface area contributed by atoms with Crippen molar-refractivity contribution in [1.29, 1.82) is 0 Å². The number of rotatable bonds is 7. The van der Waals surface area contributed by atoms with Crippen LogP contribution in [0.5, 0.6) is 5.75 Å². The zero-order valence-corrected chi connectivity index (χ0v) is 14.7. The Labute approximate surface area is 139 Å². The van der Waals surface area contributed by atoms with Crippen LogP contribution in [0.25, 0.3) is 0 Å². The van der Waals surface area contributed by atoms with Crippen molar-refractivity contribution in [2.75, 3.05) is 33.7 Å². The van der Waals surface area contributed by atoms with Crippen molar-refractivity contribution in [3.63, 3.8) is 0 Å². The first kappa shape index (κ1) is 17.6. The largest absolute Gasteiger partial charge is 0.487 e. The molecule has 0 bridgehead atoms. The fourth-order valence-corrected chi connectivity index (χ4v) is 2.68. The predicted octanol–water partition coefficient (Wildman–Crippen LogP) is 2.50. The Hall–Kier alpha value is -1.75. The van der Waals surface area contributed by atoms with Gasteiger partial charge in [0.1, 0.15) is 11.9 Å². The third kappa shape index (κ3) is 5.13. The summed E-state index contributed by atoms with van der Waals surface area (Å²) in [4.78, 5) is 16.1. The molecule has 1 atom stereocenters. The zero-order chi connectivity index (χ0) is 16.8. The number of benzene rings is 1. The second-order valence-electron chi connectivity index (χ2n) is 6.55. The van der Waals surface area contributed by atoms with E-state index in [-0.39, 0.29) is 12.1 Å². The van der Waals surface area contributed by atoms with Crippen molar-refractivity contribution in [3.8, 4) is 5.75 Å². The molecule has 1 aliphatic rings. The van der Waals surface area contributed by atoms with E-state index in [1.807, 2.05) is 24.3 Å². The maximum atomic E-state index is 12.1. The molecule has 128 valence electrons. The molecule has 1 saturated heterocycles. The highest BCUT2D eigenvalue weighted by Crippen LogP contribution is 2.18. The van der Waals surface area contributed by atoms with E-state index in [1.165, 1.54) is 5.56 Å². The lowest BCUT2D eigenvalue weighted by Gasteiger charge is -2.39. The first-order valence-corrected chi connectivity index (χ1v) is 8.42. The first-order valence-electron chi connectivity index (χ1n) is 8.42. The minimum atomic E-state index is 0.0108. The number of hydrogen-bond donors (Lipinski definition) is 1. The molecule has 5 nitrogen and oxygen atoms in total. The number of aryl methyl sites for hydroxylation is 1. The maximum Gasteiger partial charge on any atom is 0.317 e. The Morgan fingerprint density at radius 2 is 2.00 bits per heavy atom. The Balaban J connectivity index is 1.69. The van der Waals surface area contributed by atoms with Crippen LogP contribution < -0.4 is 10.1 Å². The van der Waals surface area contributed by atoms with Gasteiger partial charge in [-0.1, -0.05) is 31.0 Å². The summed E-state index contributed by atoms with van der Waals surface area (Å²) in [6.07, 6.45) is 2.31. The van der Waals surface area contributed by atoms with Crippen molar-refractivity contribution in [3.05, 3.63) is 29.8 Å². The van der Waals surface area contributed by atoms with Gasteiger partial charge < -0.3 is 19.9 Å². The van der Waals surface area contributed by atoms with Gasteiger partial charge in [0.25, 0.3) is 0 Å². The molecule has 0 saturated carbocycles. The van der Waals surface area contributed by atoms with Crippen LogP contribution in [-0.4, -0.2) is 61.7 Å². The van der Waals surface area contributed by atoms with Crippen molar-refractivity contribution in [1.82, 2.24) is 15.1 Å². The average Bonchev–Trinajstić information content (AvgIpc) is 2.48. The third-order valence-electron chi connectivity index (χ3n) is 4.30. The van der Waals surface area contributed by atoms with Gasteiger partial charge in [0.15, 0.2) is 0 Å². The van der Waals surface area contributed by atoms with E-state index in [4.69, 9.17) is 4.74 Å². The molecule has 5 heteroatoms. The molecule has 1 unspecified atom stereocenters. The number of carbonyl (C=O) groups is 1. The summed E-state index contributed by atoms with van der Waals surface area (Å²) in [6.45, 7) is 6.22. The number of likely N-dealkylation sites (tertiary alicyclic amines) is 1. The summed E-state index contributed by atoms with van der Waals surface area (Å²) in [7, 11) is 4.11. The molecule has 1 aromatic rings. The van der Waals surface area contributed by atoms with E-state index in [1.54, 1.807) is 4.90 Å². The van der Waals surface area contributed by atoms with Crippen LogP contribution in [0.3, 0.4) is 0 Å². The monoisotopic (exact) mass is 319 g/mol. The van der Waals surface area contributed by atoms with Gasteiger partial charge in [-0.2, -0.15) is 0 Å². The zero-order valence-electron chi connectivity index (χ0n) is 14.7. The minimum absolute atomic E-state index is 0.0108. The molecule has 0 aliphatic carbocycles. The SMILES string of the molecule is CCCC(CNC(=O)N1CC(Oc2ccc(C)cc2)C1)N(C)C. The summed E-state index contributed by atoms with van der Waals surface area (Å²) in [5.41, 5.74) is 1.22. The number of amides is 2. The van der Waals surface area contributed by atoms with E-state index in [0.717, 1.165) is 18.6 Å². The number of nitrogens with one attached hydrogen (secondary N) is 1. The van der Waals surface area contributed by atoms with Crippen LogP contribution in [0.2, 0.25) is 0 Å². The quantitative estimate of drug-likeness (QED) is 0.840. The van der Waals surface area contributed by atoms with E-state index in [2.05, 4.69) is 38.2 Å². The molecule has 1 fully saturated rings. The van der Waals surface area contributed by atoms with Crippen LogP contribution in [0.4, 0.5) is 4.79 Å². The summed E-state index contributed by atoms with van der Waals surface area (Å²) >= 11 is 0. The number of carbonyl (C=O) groups excluding carboxylic acids is 1. The van der Waals surface area contributed by atoms with Gasteiger partial charge in [0.05, 0.1) is 13.1 Å². The van der Waals surface area contributed by atoms with E-state index in [0.29, 0.717) is 25.7 Å². The van der Waals surface area contributed by atoms with Gasteiger partial charge in [-0.15, -0.1) is 0 Å². The molecule has 1 aliphatic heterocycles. The molecule has 0 aromatic heterocycles. The van der Waals surface area contributed by atoms with Gasteiger partial charge in [-0.3, -0.25) is 0 Å². The lowest BCUT2D eigenvalue weighted by Crippen LogP contribution is -2.59. The molecule has 1 N–H and O–H groups in total. The lowest BCUT2D eigenvalue weighted by molar-refractivity contribution is 0.0439. The molecule has 0 radical (unpaired) electrons. The normalized spacial score (nSPS) is 16.1. The van der Waals surface area contributed by atoms with Crippen LogP contribution in [0.15, 0.2) is 24.3 Å². The van der Waals surface area contributed by atoms with Crippen LogP contribution in [-0.2, 0) is 0 Å². The van der Waals surface area contributed by atoms with E-state index in [9.17, 15) is 4.79 Å². The summed E-state index contributed by atoms with van der Waals surface area (Å²) in [6, 6.07) is 8.43. The molecule has 0 spiro atoms. The molecule has 2 amide bonds. The van der Waals surface area contributed by atoms with Gasteiger partial charge in [-0.05, 0) is 39.6 Å². The molecule has 23 heavy (non-hydrogen) atoms. The number of urea groups is 1. The summed E-state index contributed by atoms with van der Waals surface area (Å²) in [5.74, 6) is 0.872. The predicted molar refractivity (Wildman–Crippen MR) is 92.9 cm³/mol. The lowest BCUT2D eigenvalue weighted by atomic mass is 10.1. The minimum Gasteiger partial charge on any atom is -0.487 e. The standard InChI is InChI=1S/C18H29N3O2/c1-5-6-15(20(3)4)11-19-18(22)21-12-17(13-21)23-16-9-7-14(2)8-10-16/h7-10,15,17H,5-6,11-13H2,1-4H3,(H,19,22). The van der Waals surface area contributed by atoms with Crippen LogP contribution in [0, 0.1) is 6.92 Å². The smallest absolute Gasteiger partial charge is 0.317 e. The Morgan fingerprint density at radius 3 is 2.57 bits per heavy atom. The second-order valence-corrected chi connectivity index (χ2v) is 6.55. The maximum absolute atomic E-state index is 12.1. The number of ether oxygens (including phenoxy) is 1. The second kappa shape index (κ2) is 8.20. The van der Waals surface area contributed by atoms with E-state index < -0.39 is 0 Å². The molecule has 1 heterocycles. The van der Waals surface area contributed by atoms with Gasteiger partial charge in [-0.25, -0.2) is 4.79 Å². The number of hydrogen-bond acceptors (Lipinski definition) is 3. The van der Waals surface area contributed by atoms with Crippen molar-refractivity contribution < 1.29 is 9.53 Å². The Bertz CT molecular complexity index is 495. The van der Waals surface area contributed by atoms with Crippen molar-refractivity contribution in [2.24, 2.45) is 0 Å². The highest BCUT2D eigenvalue weighted by Gasteiger charge is 2.32. The third-order valence-corrected chi connectivity index (χ3v) is 4.30. The molecular formula is C18H29N3O2. The van der Waals surface area contributed by atoms with Gasteiger partial charge in [0.2, 0.25) is 0 Å². The number of likely N-dealkylation sites (N-methyl/N-ethyl adjacent to an activating group) is 1. The van der Waals surface area contributed by atoms with Crippen molar-refractivity contribution >= 4 is 6.03 Å². The van der Waals surface area contributed by atoms with Crippen LogP contribution in [0.1, 0.15) is 25.3 Å². The highest BCUT2D eigenvalue weighted by atomic mass is 16.5. The summed E-state index contributed by atoms with van der Waals surface area (Å²) < 4.78 is 5.86. The van der Waals surface area contributed by atoms with Crippen LogP contribution >= 0.6 is 0 Å². The highest BCUT2D eigenvalue weighted by molar-refractivity contribution is 5.75. The van der Waals surface area contributed by atoms with E-state index >= 15 is 0 Å². The Kier molecular flexibility index (Phi) is 6.28.